The second kappa shape index (κ2) is 2.47. The van der Waals surface area contributed by atoms with Gasteiger partial charge in [-0.05, 0) is 6.42 Å². The van der Waals surface area contributed by atoms with E-state index < -0.39 is 0 Å². The molecule has 2 heterocycles. The number of nitrogens with one attached hydrogen (secondary N) is 1. The minimum atomic E-state index is 0.474. The Labute approximate surface area is 69.4 Å². The molecule has 2 saturated heterocycles. The van der Waals surface area contributed by atoms with Crippen LogP contribution < -0.4 is 5.32 Å². The van der Waals surface area contributed by atoms with Gasteiger partial charge in [-0.2, -0.15) is 0 Å². The number of alkyl halides is 1. The zero-order valence-corrected chi connectivity index (χ0v) is 7.49. The summed E-state index contributed by atoms with van der Waals surface area (Å²) in [6, 6.07) is 0. The molecule has 1 unspecified atom stereocenters. The first-order valence-electron chi connectivity index (χ1n) is 3.73. The van der Waals surface area contributed by atoms with Crippen LogP contribution in [0.5, 0.6) is 0 Å². The molecule has 58 valence electrons. The van der Waals surface area contributed by atoms with Crippen molar-refractivity contribution in [1.82, 2.24) is 5.32 Å². The molecule has 0 aliphatic carbocycles. The first-order valence-corrected chi connectivity index (χ1v) is 4.85. The Morgan fingerprint density at radius 3 is 2.70 bits per heavy atom. The third kappa shape index (κ3) is 1.00. The molecule has 3 heteroatoms. The highest BCUT2D eigenvalue weighted by Gasteiger charge is 2.44. The lowest BCUT2D eigenvalue weighted by Gasteiger charge is -2.37. The number of rotatable bonds is 1. The molecule has 1 N–H and O–H groups in total. The van der Waals surface area contributed by atoms with E-state index in [1.165, 1.54) is 6.42 Å². The molecular formula is C7H12BrNO. The highest BCUT2D eigenvalue weighted by molar-refractivity contribution is 9.09. The van der Waals surface area contributed by atoms with Crippen molar-refractivity contribution >= 4 is 15.9 Å². The molecule has 0 aromatic rings. The van der Waals surface area contributed by atoms with Gasteiger partial charge in [-0.25, -0.2) is 0 Å². The van der Waals surface area contributed by atoms with Gasteiger partial charge in [0.15, 0.2) is 0 Å². The van der Waals surface area contributed by atoms with Crippen molar-refractivity contribution in [3.63, 3.8) is 0 Å². The fourth-order valence-corrected chi connectivity index (χ4v) is 2.14. The Balaban J connectivity index is 1.92. The predicted octanol–water partition coefficient (Wildman–Crippen LogP) is 0.760. The average molecular weight is 206 g/mol. The Hall–Kier alpha value is 0.400. The molecule has 0 saturated carbocycles. The minimum Gasteiger partial charge on any atom is -0.377 e. The van der Waals surface area contributed by atoms with Gasteiger partial charge < -0.3 is 10.1 Å². The molecule has 0 radical (unpaired) electrons. The van der Waals surface area contributed by atoms with Gasteiger partial charge in [0, 0.05) is 23.8 Å². The topological polar surface area (TPSA) is 21.3 Å². The summed E-state index contributed by atoms with van der Waals surface area (Å²) in [6.45, 7) is 3.29. The predicted molar refractivity (Wildman–Crippen MR) is 43.5 cm³/mol. The molecule has 0 aromatic heterocycles. The van der Waals surface area contributed by atoms with Gasteiger partial charge in [0.25, 0.3) is 0 Å². The van der Waals surface area contributed by atoms with E-state index in [0.29, 0.717) is 11.5 Å². The molecule has 1 atom stereocenters. The van der Waals surface area contributed by atoms with Crippen LogP contribution in [0.1, 0.15) is 6.42 Å². The quantitative estimate of drug-likeness (QED) is 0.639. The summed E-state index contributed by atoms with van der Waals surface area (Å²) in [5.41, 5.74) is 0.526. The maximum atomic E-state index is 5.57. The third-order valence-electron chi connectivity index (χ3n) is 2.46. The van der Waals surface area contributed by atoms with E-state index in [1.807, 2.05) is 0 Å². The lowest BCUT2D eigenvalue weighted by molar-refractivity contribution is 0.0888. The summed E-state index contributed by atoms with van der Waals surface area (Å²) in [7, 11) is 0. The maximum absolute atomic E-state index is 5.57. The van der Waals surface area contributed by atoms with Gasteiger partial charge in [-0.1, -0.05) is 15.9 Å². The highest BCUT2D eigenvalue weighted by Crippen LogP contribution is 2.36. The van der Waals surface area contributed by atoms with Crippen LogP contribution in [0.4, 0.5) is 0 Å². The van der Waals surface area contributed by atoms with Crippen LogP contribution in [0.3, 0.4) is 0 Å². The molecule has 0 amide bonds. The van der Waals surface area contributed by atoms with Gasteiger partial charge in [0.2, 0.25) is 0 Å². The molecular weight excluding hydrogens is 194 g/mol. The van der Waals surface area contributed by atoms with Crippen molar-refractivity contribution in [2.24, 2.45) is 5.41 Å². The van der Waals surface area contributed by atoms with Crippen molar-refractivity contribution in [3.8, 4) is 0 Å². The summed E-state index contributed by atoms with van der Waals surface area (Å²) in [4.78, 5) is 0. The normalized spacial score (nSPS) is 36.3. The summed E-state index contributed by atoms with van der Waals surface area (Å²) < 4.78 is 5.57. The van der Waals surface area contributed by atoms with Crippen LogP contribution in [0.15, 0.2) is 0 Å². The van der Waals surface area contributed by atoms with E-state index in [9.17, 15) is 0 Å². The van der Waals surface area contributed by atoms with E-state index in [4.69, 9.17) is 4.74 Å². The standard InChI is InChI=1S/C7H12BrNO/c8-2-6-1-7(5-10-6)3-9-4-7/h6,9H,1-5H2. The van der Waals surface area contributed by atoms with E-state index in [1.54, 1.807) is 0 Å². The Kier molecular flexibility index (Phi) is 1.74. The molecule has 2 aliphatic rings. The number of hydrogen-bond acceptors (Lipinski definition) is 2. The van der Waals surface area contributed by atoms with Crippen molar-refractivity contribution < 1.29 is 4.74 Å². The van der Waals surface area contributed by atoms with Crippen LogP contribution in [0.25, 0.3) is 0 Å². The average Bonchev–Trinajstić information content (AvgIpc) is 2.29. The van der Waals surface area contributed by atoms with Crippen LogP contribution in [-0.4, -0.2) is 31.1 Å². The van der Waals surface area contributed by atoms with Gasteiger partial charge in [-0.3, -0.25) is 0 Å². The second-order valence-corrected chi connectivity index (χ2v) is 4.04. The molecule has 2 nitrogen and oxygen atoms in total. The fraction of sp³-hybridized carbons (Fsp3) is 1.00. The highest BCUT2D eigenvalue weighted by atomic mass is 79.9. The van der Waals surface area contributed by atoms with Gasteiger partial charge in [-0.15, -0.1) is 0 Å². The molecule has 0 aromatic carbocycles. The Morgan fingerprint density at radius 2 is 2.40 bits per heavy atom. The third-order valence-corrected chi connectivity index (χ3v) is 3.18. The summed E-state index contributed by atoms with van der Waals surface area (Å²) >= 11 is 3.44. The van der Waals surface area contributed by atoms with Crippen molar-refractivity contribution in [3.05, 3.63) is 0 Å². The number of hydrogen-bond donors (Lipinski definition) is 1. The zero-order valence-electron chi connectivity index (χ0n) is 5.90. The minimum absolute atomic E-state index is 0.474. The molecule has 0 bridgehead atoms. The van der Waals surface area contributed by atoms with Gasteiger partial charge in [0.1, 0.15) is 0 Å². The largest absolute Gasteiger partial charge is 0.377 e. The molecule has 2 aliphatic heterocycles. The SMILES string of the molecule is BrCC1CC2(CNC2)CO1. The van der Waals surface area contributed by atoms with E-state index in [2.05, 4.69) is 21.2 Å². The van der Waals surface area contributed by atoms with Crippen molar-refractivity contribution in [2.75, 3.05) is 25.0 Å². The molecule has 2 rings (SSSR count). The van der Waals surface area contributed by atoms with Crippen LogP contribution in [0, 0.1) is 5.41 Å². The first-order chi connectivity index (χ1) is 4.85. The van der Waals surface area contributed by atoms with E-state index in [0.717, 1.165) is 25.0 Å². The Bertz CT molecular complexity index is 136. The molecule has 1 spiro atoms. The Morgan fingerprint density at radius 1 is 1.60 bits per heavy atom. The molecule has 2 fully saturated rings. The maximum Gasteiger partial charge on any atom is 0.0679 e. The lowest BCUT2D eigenvalue weighted by atomic mass is 9.80. The van der Waals surface area contributed by atoms with Crippen molar-refractivity contribution in [1.29, 1.82) is 0 Å². The van der Waals surface area contributed by atoms with Gasteiger partial charge in [0.05, 0.1) is 12.7 Å². The van der Waals surface area contributed by atoms with Crippen LogP contribution in [0.2, 0.25) is 0 Å². The summed E-state index contributed by atoms with van der Waals surface area (Å²) in [6.07, 6.45) is 1.72. The summed E-state index contributed by atoms with van der Waals surface area (Å²) in [5, 5.41) is 4.29. The van der Waals surface area contributed by atoms with Crippen molar-refractivity contribution in [2.45, 2.75) is 12.5 Å². The van der Waals surface area contributed by atoms with E-state index in [-0.39, 0.29) is 0 Å². The fourth-order valence-electron chi connectivity index (χ4n) is 1.72. The summed E-state index contributed by atoms with van der Waals surface area (Å²) in [5.74, 6) is 0. The number of ether oxygens (including phenoxy) is 1. The molecule has 10 heavy (non-hydrogen) atoms. The lowest BCUT2D eigenvalue weighted by Crippen LogP contribution is -2.53. The second-order valence-electron chi connectivity index (χ2n) is 3.39. The zero-order chi connectivity index (χ0) is 7.03. The van der Waals surface area contributed by atoms with E-state index >= 15 is 0 Å². The van der Waals surface area contributed by atoms with Crippen LogP contribution >= 0.6 is 15.9 Å². The van der Waals surface area contributed by atoms with Gasteiger partial charge >= 0.3 is 0 Å². The van der Waals surface area contributed by atoms with Crippen LogP contribution in [-0.2, 0) is 4.74 Å². The number of halogens is 1. The first kappa shape index (κ1) is 7.07. The monoisotopic (exact) mass is 205 g/mol. The smallest absolute Gasteiger partial charge is 0.0679 e.